The minimum atomic E-state index is -0.344. The molecule has 4 atom stereocenters. The zero-order valence-electron chi connectivity index (χ0n) is 12.5. The standard InChI is InChI=1S/C17H19N3O2/c1-10-18-16(20-22-10)15(11-5-3-2-4-6-11)19-17(21)14-8-12-7-13(12)9-14/h2-6,12-15H,7-9H2,1H3,(H,19,21)/t12-,13+,14?,15?. The SMILES string of the molecule is Cc1nc(C(NC(=O)C2C[C@@H]3C[C@@H]3C2)c2ccccc2)no1. The zero-order chi connectivity index (χ0) is 15.1. The van der Waals surface area contributed by atoms with Crippen LogP contribution >= 0.6 is 0 Å². The number of benzene rings is 1. The summed E-state index contributed by atoms with van der Waals surface area (Å²) in [6.45, 7) is 1.75. The number of aryl methyl sites for hydroxylation is 1. The van der Waals surface area contributed by atoms with Crippen LogP contribution in [-0.4, -0.2) is 16.0 Å². The van der Waals surface area contributed by atoms with Gasteiger partial charge in [-0.25, -0.2) is 0 Å². The third-order valence-electron chi connectivity index (χ3n) is 4.84. The number of nitrogens with zero attached hydrogens (tertiary/aromatic N) is 2. The normalized spacial score (nSPS) is 27.2. The molecule has 1 amide bonds. The molecule has 5 heteroatoms. The molecule has 1 heterocycles. The topological polar surface area (TPSA) is 68.0 Å². The van der Waals surface area contributed by atoms with Crippen LogP contribution < -0.4 is 5.32 Å². The number of aromatic nitrogens is 2. The molecule has 5 nitrogen and oxygen atoms in total. The van der Waals surface area contributed by atoms with Crippen molar-refractivity contribution in [1.29, 1.82) is 0 Å². The minimum Gasteiger partial charge on any atom is -0.342 e. The molecule has 2 unspecified atom stereocenters. The van der Waals surface area contributed by atoms with Gasteiger partial charge in [-0.3, -0.25) is 4.79 Å². The van der Waals surface area contributed by atoms with E-state index in [1.807, 2.05) is 30.3 Å². The van der Waals surface area contributed by atoms with Gasteiger partial charge in [-0.05, 0) is 36.7 Å². The molecule has 22 heavy (non-hydrogen) atoms. The highest BCUT2D eigenvalue weighted by Crippen LogP contribution is 2.54. The third kappa shape index (κ3) is 2.51. The van der Waals surface area contributed by atoms with E-state index in [0.29, 0.717) is 11.7 Å². The maximum atomic E-state index is 12.6. The van der Waals surface area contributed by atoms with E-state index < -0.39 is 0 Å². The molecule has 0 radical (unpaired) electrons. The molecule has 1 aromatic heterocycles. The van der Waals surface area contributed by atoms with Gasteiger partial charge in [0.15, 0.2) is 5.82 Å². The van der Waals surface area contributed by atoms with Crippen molar-refractivity contribution in [2.75, 3.05) is 0 Å². The van der Waals surface area contributed by atoms with E-state index in [1.54, 1.807) is 6.92 Å². The fourth-order valence-electron chi connectivity index (χ4n) is 3.56. The Bertz CT molecular complexity index is 672. The van der Waals surface area contributed by atoms with Gasteiger partial charge in [0.2, 0.25) is 11.8 Å². The van der Waals surface area contributed by atoms with Crippen molar-refractivity contribution in [2.24, 2.45) is 17.8 Å². The fraction of sp³-hybridized carbons (Fsp3) is 0.471. The highest BCUT2D eigenvalue weighted by Gasteiger charge is 2.48. The monoisotopic (exact) mass is 297 g/mol. The molecular formula is C17H19N3O2. The lowest BCUT2D eigenvalue weighted by atomic mass is 10.0. The first-order valence-corrected chi connectivity index (χ1v) is 7.86. The maximum absolute atomic E-state index is 12.6. The van der Waals surface area contributed by atoms with Gasteiger partial charge in [0.25, 0.3) is 0 Å². The van der Waals surface area contributed by atoms with Crippen LogP contribution in [0.25, 0.3) is 0 Å². The maximum Gasteiger partial charge on any atom is 0.223 e. The summed E-state index contributed by atoms with van der Waals surface area (Å²) < 4.78 is 5.09. The van der Waals surface area contributed by atoms with Crippen molar-refractivity contribution >= 4 is 5.91 Å². The van der Waals surface area contributed by atoms with Crippen molar-refractivity contribution in [3.05, 3.63) is 47.6 Å². The summed E-state index contributed by atoms with van der Waals surface area (Å²) in [6, 6.07) is 9.46. The van der Waals surface area contributed by atoms with E-state index in [9.17, 15) is 4.79 Å². The number of nitrogens with one attached hydrogen (secondary N) is 1. The Labute approximate surface area is 129 Å². The van der Waals surface area contributed by atoms with Crippen LogP contribution in [0.1, 0.15) is 42.6 Å². The quantitative estimate of drug-likeness (QED) is 0.942. The number of carbonyl (C=O) groups excluding carboxylic acids is 1. The summed E-state index contributed by atoms with van der Waals surface area (Å²) in [6.07, 6.45) is 3.38. The Morgan fingerprint density at radius 3 is 2.59 bits per heavy atom. The second kappa shape index (κ2) is 5.23. The van der Waals surface area contributed by atoms with Gasteiger partial charge in [-0.1, -0.05) is 35.5 Å². The lowest BCUT2D eigenvalue weighted by Crippen LogP contribution is -2.34. The molecule has 1 aromatic carbocycles. The molecule has 2 aromatic rings. The second-order valence-electron chi connectivity index (χ2n) is 6.45. The molecule has 2 saturated carbocycles. The predicted octanol–water partition coefficient (Wildman–Crippen LogP) is 2.63. The van der Waals surface area contributed by atoms with Gasteiger partial charge >= 0.3 is 0 Å². The number of carbonyl (C=O) groups is 1. The first kappa shape index (κ1) is 13.5. The van der Waals surface area contributed by atoms with E-state index in [1.165, 1.54) is 6.42 Å². The summed E-state index contributed by atoms with van der Waals surface area (Å²) >= 11 is 0. The average molecular weight is 297 g/mol. The molecule has 0 bridgehead atoms. The average Bonchev–Trinajstić information content (AvgIpc) is 2.94. The highest BCUT2D eigenvalue weighted by molar-refractivity contribution is 5.80. The van der Waals surface area contributed by atoms with Crippen LogP contribution in [0.2, 0.25) is 0 Å². The van der Waals surface area contributed by atoms with Crippen LogP contribution in [-0.2, 0) is 4.79 Å². The van der Waals surface area contributed by atoms with Crippen LogP contribution in [0.3, 0.4) is 0 Å². The highest BCUT2D eigenvalue weighted by atomic mass is 16.5. The lowest BCUT2D eigenvalue weighted by molar-refractivity contribution is -0.125. The first-order valence-electron chi connectivity index (χ1n) is 7.86. The van der Waals surface area contributed by atoms with Gasteiger partial charge in [0.05, 0.1) is 0 Å². The number of hydrogen-bond acceptors (Lipinski definition) is 4. The Morgan fingerprint density at radius 1 is 1.23 bits per heavy atom. The number of amides is 1. The van der Waals surface area contributed by atoms with Crippen LogP contribution in [0, 0.1) is 24.7 Å². The van der Waals surface area contributed by atoms with Crippen molar-refractivity contribution < 1.29 is 9.32 Å². The van der Waals surface area contributed by atoms with Gasteiger partial charge < -0.3 is 9.84 Å². The summed E-state index contributed by atoms with van der Waals surface area (Å²) in [7, 11) is 0. The van der Waals surface area contributed by atoms with Crippen LogP contribution in [0.15, 0.2) is 34.9 Å². The smallest absolute Gasteiger partial charge is 0.223 e. The summed E-state index contributed by atoms with van der Waals surface area (Å²) in [5.74, 6) is 2.86. The number of fused-ring (bicyclic) bond motifs is 1. The largest absolute Gasteiger partial charge is 0.342 e. The van der Waals surface area contributed by atoms with Gasteiger partial charge in [-0.2, -0.15) is 4.98 Å². The Kier molecular flexibility index (Phi) is 3.21. The molecule has 0 aliphatic heterocycles. The van der Waals surface area contributed by atoms with Crippen LogP contribution in [0.5, 0.6) is 0 Å². The molecule has 114 valence electrons. The molecule has 2 aliphatic carbocycles. The van der Waals surface area contributed by atoms with Crippen LogP contribution in [0.4, 0.5) is 0 Å². The van der Waals surface area contributed by atoms with Gasteiger partial charge in [0, 0.05) is 12.8 Å². The van der Waals surface area contributed by atoms with Gasteiger partial charge in [-0.15, -0.1) is 0 Å². The van der Waals surface area contributed by atoms with Crippen molar-refractivity contribution in [1.82, 2.24) is 15.5 Å². The summed E-state index contributed by atoms with van der Waals surface area (Å²) in [5, 5.41) is 7.12. The van der Waals surface area contributed by atoms with E-state index in [0.717, 1.165) is 30.2 Å². The molecule has 4 rings (SSSR count). The Balaban J connectivity index is 1.56. The first-order chi connectivity index (χ1) is 10.7. The van der Waals surface area contributed by atoms with E-state index >= 15 is 0 Å². The molecular weight excluding hydrogens is 278 g/mol. The Hall–Kier alpha value is -2.17. The fourth-order valence-corrected chi connectivity index (χ4v) is 3.56. The molecule has 1 N–H and O–H groups in total. The molecule has 0 saturated heterocycles. The zero-order valence-corrected chi connectivity index (χ0v) is 12.5. The summed E-state index contributed by atoms with van der Waals surface area (Å²) in [5.41, 5.74) is 0.972. The van der Waals surface area contributed by atoms with Gasteiger partial charge in [0.1, 0.15) is 6.04 Å². The van der Waals surface area contributed by atoms with Crippen molar-refractivity contribution in [3.63, 3.8) is 0 Å². The van der Waals surface area contributed by atoms with E-state index in [-0.39, 0.29) is 17.9 Å². The summed E-state index contributed by atoms with van der Waals surface area (Å²) in [4.78, 5) is 16.9. The second-order valence-corrected chi connectivity index (χ2v) is 6.45. The van der Waals surface area contributed by atoms with E-state index in [4.69, 9.17) is 4.52 Å². The molecule has 2 aliphatic rings. The molecule has 0 spiro atoms. The lowest BCUT2D eigenvalue weighted by Gasteiger charge is -2.19. The third-order valence-corrected chi connectivity index (χ3v) is 4.84. The number of rotatable bonds is 4. The van der Waals surface area contributed by atoms with E-state index in [2.05, 4.69) is 15.5 Å². The number of hydrogen-bond donors (Lipinski definition) is 1. The Morgan fingerprint density at radius 2 is 1.95 bits per heavy atom. The molecule has 2 fully saturated rings. The predicted molar refractivity (Wildman–Crippen MR) is 79.8 cm³/mol. The minimum absolute atomic E-state index is 0.114. The van der Waals surface area contributed by atoms with Crippen molar-refractivity contribution in [3.8, 4) is 0 Å². The van der Waals surface area contributed by atoms with Crippen molar-refractivity contribution in [2.45, 2.75) is 32.2 Å².